The summed E-state index contributed by atoms with van der Waals surface area (Å²) in [5.74, 6) is -0.168. The van der Waals surface area contributed by atoms with Crippen LogP contribution in [0, 0.1) is 5.82 Å². The van der Waals surface area contributed by atoms with Gasteiger partial charge in [0.05, 0.1) is 0 Å². The molecule has 0 unspecified atom stereocenters. The van der Waals surface area contributed by atoms with Crippen molar-refractivity contribution in [1.29, 1.82) is 0 Å². The van der Waals surface area contributed by atoms with Gasteiger partial charge >= 0.3 is 0 Å². The average Bonchev–Trinajstić information content (AvgIpc) is 2.21. The monoisotopic (exact) mass is 307 g/mol. The minimum Gasteiger partial charge on any atom is -0.313 e. The van der Waals surface area contributed by atoms with Gasteiger partial charge in [0.25, 0.3) is 0 Å². The Morgan fingerprint density at radius 1 is 1.14 bits per heavy atom. The third-order valence-corrected chi connectivity index (χ3v) is 2.74. The van der Waals surface area contributed by atoms with E-state index in [-0.39, 0.29) is 5.82 Å². The molecule has 14 heavy (non-hydrogen) atoms. The fourth-order valence-electron chi connectivity index (χ4n) is 1.18. The average molecular weight is 307 g/mol. The summed E-state index contributed by atoms with van der Waals surface area (Å²) in [6.07, 6.45) is 2.47. The SMILES string of the molecule is Fc1ccc(CNCCCCI)cc1. The van der Waals surface area contributed by atoms with E-state index in [1.165, 1.54) is 29.4 Å². The Morgan fingerprint density at radius 2 is 1.86 bits per heavy atom. The molecule has 1 aromatic carbocycles. The molecule has 0 aromatic heterocycles. The Labute approximate surface area is 98.2 Å². The maximum atomic E-state index is 12.6. The van der Waals surface area contributed by atoms with Crippen molar-refractivity contribution in [2.45, 2.75) is 19.4 Å². The normalized spacial score (nSPS) is 10.4. The van der Waals surface area contributed by atoms with E-state index in [0.717, 1.165) is 18.7 Å². The Morgan fingerprint density at radius 3 is 2.50 bits per heavy atom. The first-order valence-electron chi connectivity index (χ1n) is 4.84. The lowest BCUT2D eigenvalue weighted by atomic mass is 10.2. The first kappa shape index (κ1) is 11.9. The highest BCUT2D eigenvalue weighted by molar-refractivity contribution is 14.1. The number of rotatable bonds is 6. The number of halogens is 2. The fourth-order valence-corrected chi connectivity index (χ4v) is 1.72. The van der Waals surface area contributed by atoms with Gasteiger partial charge in [-0.3, -0.25) is 0 Å². The molecule has 0 heterocycles. The molecule has 1 N–H and O–H groups in total. The number of unbranched alkanes of at least 4 members (excludes halogenated alkanes) is 1. The van der Waals surface area contributed by atoms with Gasteiger partial charge in [0.2, 0.25) is 0 Å². The van der Waals surface area contributed by atoms with Crippen molar-refractivity contribution in [3.05, 3.63) is 35.6 Å². The lowest BCUT2D eigenvalue weighted by Gasteiger charge is -2.03. The topological polar surface area (TPSA) is 12.0 Å². The summed E-state index contributed by atoms with van der Waals surface area (Å²) in [7, 11) is 0. The van der Waals surface area contributed by atoms with Crippen LogP contribution in [0.2, 0.25) is 0 Å². The largest absolute Gasteiger partial charge is 0.313 e. The summed E-state index contributed by atoms with van der Waals surface area (Å²) >= 11 is 2.38. The quantitative estimate of drug-likeness (QED) is 0.484. The van der Waals surface area contributed by atoms with Gasteiger partial charge in [-0.25, -0.2) is 4.39 Å². The summed E-state index contributed by atoms with van der Waals surface area (Å²) in [5.41, 5.74) is 1.14. The molecule has 0 aliphatic carbocycles. The van der Waals surface area contributed by atoms with Gasteiger partial charge in [0, 0.05) is 6.54 Å². The van der Waals surface area contributed by atoms with E-state index in [2.05, 4.69) is 27.9 Å². The van der Waals surface area contributed by atoms with Crippen LogP contribution in [0.25, 0.3) is 0 Å². The van der Waals surface area contributed by atoms with Gasteiger partial charge in [0.1, 0.15) is 5.82 Å². The van der Waals surface area contributed by atoms with Crippen LogP contribution in [0.3, 0.4) is 0 Å². The van der Waals surface area contributed by atoms with Crippen molar-refractivity contribution < 1.29 is 4.39 Å². The van der Waals surface area contributed by atoms with E-state index in [0.29, 0.717) is 0 Å². The molecule has 1 nitrogen and oxygen atoms in total. The van der Waals surface area contributed by atoms with Crippen molar-refractivity contribution in [3.63, 3.8) is 0 Å². The zero-order valence-electron chi connectivity index (χ0n) is 8.10. The van der Waals surface area contributed by atoms with E-state index >= 15 is 0 Å². The number of hydrogen-bond acceptors (Lipinski definition) is 1. The smallest absolute Gasteiger partial charge is 0.123 e. The van der Waals surface area contributed by atoms with Crippen molar-refractivity contribution >= 4 is 22.6 Å². The fraction of sp³-hybridized carbons (Fsp3) is 0.455. The zero-order chi connectivity index (χ0) is 10.2. The maximum absolute atomic E-state index is 12.6. The summed E-state index contributed by atoms with van der Waals surface area (Å²) in [5, 5.41) is 3.33. The standard InChI is InChI=1S/C11H15FIN/c12-11-5-3-10(4-6-11)9-14-8-2-1-7-13/h3-6,14H,1-2,7-9H2. The molecule has 3 heteroatoms. The summed E-state index contributed by atoms with van der Waals surface area (Å²) in [4.78, 5) is 0. The van der Waals surface area contributed by atoms with Crippen LogP contribution < -0.4 is 5.32 Å². The van der Waals surface area contributed by atoms with Gasteiger partial charge in [-0.05, 0) is 41.5 Å². The van der Waals surface area contributed by atoms with Crippen molar-refractivity contribution in [2.24, 2.45) is 0 Å². The molecule has 0 spiro atoms. The highest BCUT2D eigenvalue weighted by Gasteiger charge is 1.93. The summed E-state index contributed by atoms with van der Waals surface area (Å²) < 4.78 is 13.8. The number of hydrogen-bond donors (Lipinski definition) is 1. The van der Waals surface area contributed by atoms with Crippen LogP contribution in [0.1, 0.15) is 18.4 Å². The van der Waals surface area contributed by atoms with E-state index in [4.69, 9.17) is 0 Å². The third-order valence-electron chi connectivity index (χ3n) is 1.98. The van der Waals surface area contributed by atoms with E-state index in [1.807, 2.05) is 12.1 Å². The Balaban J connectivity index is 2.15. The lowest BCUT2D eigenvalue weighted by Crippen LogP contribution is -2.14. The zero-order valence-corrected chi connectivity index (χ0v) is 10.3. The molecule has 0 amide bonds. The highest BCUT2D eigenvalue weighted by atomic mass is 127. The van der Waals surface area contributed by atoms with Crippen LogP contribution in [0.5, 0.6) is 0 Å². The minimum absolute atomic E-state index is 0.168. The number of nitrogens with one attached hydrogen (secondary N) is 1. The van der Waals surface area contributed by atoms with Crippen LogP contribution in [-0.2, 0) is 6.54 Å². The van der Waals surface area contributed by atoms with Gasteiger partial charge in [-0.15, -0.1) is 0 Å². The van der Waals surface area contributed by atoms with Gasteiger partial charge in [0.15, 0.2) is 0 Å². The Bertz CT molecular complexity index is 248. The number of alkyl halides is 1. The molecule has 0 saturated heterocycles. The van der Waals surface area contributed by atoms with E-state index in [1.54, 1.807) is 0 Å². The second kappa shape index (κ2) is 7.17. The second-order valence-electron chi connectivity index (χ2n) is 3.20. The van der Waals surface area contributed by atoms with Crippen LogP contribution in [0.4, 0.5) is 4.39 Å². The van der Waals surface area contributed by atoms with Gasteiger partial charge in [-0.1, -0.05) is 34.7 Å². The minimum atomic E-state index is -0.168. The molecule has 0 radical (unpaired) electrons. The lowest BCUT2D eigenvalue weighted by molar-refractivity contribution is 0.622. The first-order valence-corrected chi connectivity index (χ1v) is 6.36. The molecule has 0 bridgehead atoms. The number of benzene rings is 1. The molecule has 0 saturated carbocycles. The summed E-state index contributed by atoms with van der Waals surface area (Å²) in [6, 6.07) is 6.64. The van der Waals surface area contributed by atoms with Crippen molar-refractivity contribution in [1.82, 2.24) is 5.32 Å². The Hall–Kier alpha value is -0.160. The Kier molecular flexibility index (Phi) is 6.10. The molecule has 0 aliphatic heterocycles. The molecule has 0 fully saturated rings. The van der Waals surface area contributed by atoms with Crippen molar-refractivity contribution in [3.8, 4) is 0 Å². The van der Waals surface area contributed by atoms with Crippen LogP contribution in [0.15, 0.2) is 24.3 Å². The van der Waals surface area contributed by atoms with Crippen LogP contribution in [-0.4, -0.2) is 11.0 Å². The van der Waals surface area contributed by atoms with Gasteiger partial charge in [-0.2, -0.15) is 0 Å². The first-order chi connectivity index (χ1) is 6.83. The highest BCUT2D eigenvalue weighted by Crippen LogP contribution is 2.02. The predicted octanol–water partition coefficient (Wildman–Crippen LogP) is 3.13. The molecule has 78 valence electrons. The molecule has 0 aliphatic rings. The summed E-state index contributed by atoms with van der Waals surface area (Å²) in [6.45, 7) is 1.88. The maximum Gasteiger partial charge on any atom is 0.123 e. The van der Waals surface area contributed by atoms with Gasteiger partial charge < -0.3 is 5.32 Å². The third kappa shape index (κ3) is 4.91. The van der Waals surface area contributed by atoms with Crippen molar-refractivity contribution in [2.75, 3.05) is 11.0 Å². The predicted molar refractivity (Wildman–Crippen MR) is 66.2 cm³/mol. The van der Waals surface area contributed by atoms with E-state index < -0.39 is 0 Å². The molecule has 1 aromatic rings. The molecule has 0 atom stereocenters. The van der Waals surface area contributed by atoms with E-state index in [9.17, 15) is 4.39 Å². The molecular formula is C11H15FIN. The van der Waals surface area contributed by atoms with Crippen LogP contribution >= 0.6 is 22.6 Å². The second-order valence-corrected chi connectivity index (χ2v) is 4.28. The molecular weight excluding hydrogens is 292 g/mol. The molecule has 1 rings (SSSR count).